The summed E-state index contributed by atoms with van der Waals surface area (Å²) < 4.78 is 5.66. The lowest BCUT2D eigenvalue weighted by Crippen LogP contribution is -1.94. The molecule has 0 atom stereocenters. The normalized spacial score (nSPS) is 10.4. The Morgan fingerprint density at radius 1 is 1.53 bits per heavy atom. The molecule has 1 aromatic carbocycles. The summed E-state index contributed by atoms with van der Waals surface area (Å²) in [6, 6.07) is 4.89. The molecule has 0 saturated heterocycles. The molecule has 0 radical (unpaired) electrons. The number of nitrogens with one attached hydrogen (secondary N) is 1. The van der Waals surface area contributed by atoms with Gasteiger partial charge in [-0.2, -0.15) is 0 Å². The number of H-pyrrole nitrogens is 1. The number of rotatable bonds is 4. The van der Waals surface area contributed by atoms with E-state index in [-0.39, 0.29) is 11.4 Å². The van der Waals surface area contributed by atoms with E-state index < -0.39 is 4.92 Å². The molecule has 0 fully saturated rings. The molecular weight excluding hydrogens is 284 g/mol. The summed E-state index contributed by atoms with van der Waals surface area (Å²) in [5.41, 5.74) is 1.55. The summed E-state index contributed by atoms with van der Waals surface area (Å²) in [6.07, 6.45) is 0.826. The average Bonchev–Trinajstić information content (AvgIpc) is 2.79. The van der Waals surface area contributed by atoms with Crippen molar-refractivity contribution in [3.05, 3.63) is 37.1 Å². The average molecular weight is 296 g/mol. The molecule has 0 amide bonds. The molecule has 0 aliphatic heterocycles. The number of hydrogen-bond donors (Lipinski definition) is 1. The zero-order chi connectivity index (χ0) is 14.0. The summed E-state index contributed by atoms with van der Waals surface area (Å²) in [4.78, 5) is 14.7. The van der Waals surface area contributed by atoms with Crippen molar-refractivity contribution in [2.24, 2.45) is 0 Å². The van der Waals surface area contributed by atoms with Crippen molar-refractivity contribution in [2.75, 3.05) is 7.11 Å². The first-order valence-electron chi connectivity index (χ1n) is 5.61. The van der Waals surface area contributed by atoms with Gasteiger partial charge in [-0.25, -0.2) is 0 Å². The van der Waals surface area contributed by atoms with E-state index in [0.29, 0.717) is 3.95 Å². The molecular formula is C12H12N2O3S2. The highest BCUT2D eigenvalue weighted by Gasteiger charge is 2.17. The van der Waals surface area contributed by atoms with Gasteiger partial charge in [0, 0.05) is 16.5 Å². The van der Waals surface area contributed by atoms with Crippen LogP contribution in [-0.2, 0) is 6.42 Å². The van der Waals surface area contributed by atoms with Crippen LogP contribution in [0.3, 0.4) is 0 Å². The van der Waals surface area contributed by atoms with Gasteiger partial charge in [0.2, 0.25) is 0 Å². The van der Waals surface area contributed by atoms with Crippen LogP contribution in [0.25, 0.3) is 11.3 Å². The molecule has 0 spiro atoms. The van der Waals surface area contributed by atoms with E-state index in [1.165, 1.54) is 24.5 Å². The maximum absolute atomic E-state index is 11.0. The molecule has 2 rings (SSSR count). The van der Waals surface area contributed by atoms with Crippen LogP contribution in [-0.4, -0.2) is 17.0 Å². The summed E-state index contributed by atoms with van der Waals surface area (Å²) in [5, 5.41) is 11.0. The predicted molar refractivity (Wildman–Crippen MR) is 77.5 cm³/mol. The highest BCUT2D eigenvalue weighted by atomic mass is 32.1. The molecule has 0 aliphatic rings. The largest absolute Gasteiger partial charge is 0.490 e. The Kier molecular flexibility index (Phi) is 3.96. The monoisotopic (exact) mass is 296 g/mol. The van der Waals surface area contributed by atoms with Gasteiger partial charge in [-0.15, -0.1) is 11.3 Å². The second-order valence-corrected chi connectivity index (χ2v) is 5.58. The Morgan fingerprint density at radius 3 is 2.84 bits per heavy atom. The van der Waals surface area contributed by atoms with Crippen LogP contribution in [0.2, 0.25) is 0 Å². The van der Waals surface area contributed by atoms with E-state index in [2.05, 4.69) is 4.98 Å². The number of nitrogens with zero attached hydrogens (tertiary/aromatic N) is 1. The topological polar surface area (TPSA) is 68.2 Å². The second-order valence-electron chi connectivity index (χ2n) is 3.81. The van der Waals surface area contributed by atoms with Gasteiger partial charge in [0.05, 0.1) is 17.7 Å². The van der Waals surface area contributed by atoms with Crippen molar-refractivity contribution in [2.45, 2.75) is 13.3 Å². The maximum Gasteiger partial charge on any atom is 0.311 e. The van der Waals surface area contributed by atoms with Crippen LogP contribution in [0.1, 0.15) is 11.8 Å². The van der Waals surface area contributed by atoms with E-state index in [9.17, 15) is 10.1 Å². The minimum absolute atomic E-state index is 0.0485. The fourth-order valence-corrected chi connectivity index (χ4v) is 3.03. The lowest BCUT2D eigenvalue weighted by molar-refractivity contribution is -0.385. The highest BCUT2D eigenvalue weighted by molar-refractivity contribution is 7.73. The van der Waals surface area contributed by atoms with E-state index in [1.807, 2.05) is 6.92 Å². The van der Waals surface area contributed by atoms with Crippen LogP contribution in [0, 0.1) is 14.1 Å². The van der Waals surface area contributed by atoms with Gasteiger partial charge >= 0.3 is 5.69 Å². The number of nitro benzene ring substituents is 1. The first-order chi connectivity index (χ1) is 9.06. The molecule has 0 saturated carbocycles. The molecule has 19 heavy (non-hydrogen) atoms. The zero-order valence-electron chi connectivity index (χ0n) is 10.4. The highest BCUT2D eigenvalue weighted by Crippen LogP contribution is 2.34. The number of aromatic amines is 1. The van der Waals surface area contributed by atoms with Crippen molar-refractivity contribution < 1.29 is 9.66 Å². The van der Waals surface area contributed by atoms with Crippen LogP contribution < -0.4 is 4.74 Å². The minimum atomic E-state index is -0.449. The third-order valence-electron chi connectivity index (χ3n) is 2.71. The molecule has 5 nitrogen and oxygen atoms in total. The van der Waals surface area contributed by atoms with Crippen molar-refractivity contribution in [1.82, 2.24) is 4.98 Å². The number of aromatic nitrogens is 1. The van der Waals surface area contributed by atoms with Crippen molar-refractivity contribution in [3.63, 3.8) is 0 Å². The number of hydrogen-bond acceptors (Lipinski definition) is 5. The summed E-state index contributed by atoms with van der Waals surface area (Å²) in [7, 11) is 1.41. The van der Waals surface area contributed by atoms with Gasteiger partial charge < -0.3 is 9.72 Å². The molecule has 1 heterocycles. The van der Waals surface area contributed by atoms with Gasteiger partial charge in [-0.1, -0.05) is 6.92 Å². The van der Waals surface area contributed by atoms with Gasteiger partial charge in [0.1, 0.15) is 0 Å². The zero-order valence-corrected chi connectivity index (χ0v) is 12.1. The summed E-state index contributed by atoms with van der Waals surface area (Å²) in [6.45, 7) is 2.02. The van der Waals surface area contributed by atoms with Crippen LogP contribution >= 0.6 is 23.6 Å². The molecule has 100 valence electrons. The second kappa shape index (κ2) is 5.50. The fourth-order valence-electron chi connectivity index (χ4n) is 1.83. The summed E-state index contributed by atoms with van der Waals surface area (Å²) >= 11 is 6.62. The third-order valence-corrected chi connectivity index (χ3v) is 4.09. The molecule has 1 aromatic heterocycles. The standard InChI is InChI=1S/C12H12N2O3S2/c1-3-10-11(13-12(18)19-10)7-4-5-9(17-2)8(6-7)14(15)16/h4-6H,3H2,1-2H3,(H,13,18). The first-order valence-corrected chi connectivity index (χ1v) is 6.84. The number of thiazole rings is 1. The van der Waals surface area contributed by atoms with E-state index >= 15 is 0 Å². The Morgan fingerprint density at radius 2 is 2.26 bits per heavy atom. The number of nitro groups is 1. The molecule has 0 bridgehead atoms. The van der Waals surface area contributed by atoms with Crippen LogP contribution in [0.5, 0.6) is 5.75 Å². The number of aryl methyl sites for hydroxylation is 1. The van der Waals surface area contributed by atoms with Gasteiger partial charge in [-0.05, 0) is 30.8 Å². The van der Waals surface area contributed by atoms with Crippen LogP contribution in [0.4, 0.5) is 5.69 Å². The van der Waals surface area contributed by atoms with Crippen LogP contribution in [0.15, 0.2) is 18.2 Å². The molecule has 2 aromatic rings. The Hall–Kier alpha value is -1.73. The van der Waals surface area contributed by atoms with Crippen molar-refractivity contribution in [1.29, 1.82) is 0 Å². The molecule has 0 unspecified atom stereocenters. The number of benzene rings is 1. The molecule has 0 aliphatic carbocycles. The number of ether oxygens (including phenoxy) is 1. The smallest absolute Gasteiger partial charge is 0.311 e. The Bertz CT molecular complexity index is 676. The number of methoxy groups -OCH3 is 1. The fraction of sp³-hybridized carbons (Fsp3) is 0.250. The SMILES string of the molecule is CCc1sc(=S)[nH]c1-c1ccc(OC)c([N+](=O)[O-])c1. The van der Waals surface area contributed by atoms with Crippen molar-refractivity contribution in [3.8, 4) is 17.0 Å². The minimum Gasteiger partial charge on any atom is -0.490 e. The third kappa shape index (κ3) is 2.66. The molecule has 7 heteroatoms. The first kappa shape index (κ1) is 13.7. The Balaban J connectivity index is 2.60. The quantitative estimate of drug-likeness (QED) is 0.527. The molecule has 1 N–H and O–H groups in total. The van der Waals surface area contributed by atoms with Gasteiger partial charge in [-0.3, -0.25) is 10.1 Å². The van der Waals surface area contributed by atoms with E-state index in [1.54, 1.807) is 12.1 Å². The lowest BCUT2D eigenvalue weighted by atomic mass is 10.1. The summed E-state index contributed by atoms with van der Waals surface area (Å²) in [5.74, 6) is 0.251. The Labute approximate surface area is 119 Å². The lowest BCUT2D eigenvalue weighted by Gasteiger charge is -2.05. The van der Waals surface area contributed by atoms with E-state index in [4.69, 9.17) is 17.0 Å². The predicted octanol–water partition coefficient (Wildman–Crippen LogP) is 3.95. The maximum atomic E-state index is 11.0. The van der Waals surface area contributed by atoms with Crippen molar-refractivity contribution >= 4 is 29.2 Å². The van der Waals surface area contributed by atoms with E-state index in [0.717, 1.165) is 22.6 Å². The van der Waals surface area contributed by atoms with Gasteiger partial charge in [0.15, 0.2) is 9.70 Å². The van der Waals surface area contributed by atoms with Gasteiger partial charge in [0.25, 0.3) is 0 Å².